The van der Waals surface area contributed by atoms with Crippen LogP contribution in [0.25, 0.3) is 10.2 Å². The van der Waals surface area contributed by atoms with Crippen molar-refractivity contribution in [2.24, 2.45) is 0 Å². The number of hydrogen-bond acceptors (Lipinski definition) is 8. The lowest BCUT2D eigenvalue weighted by Gasteiger charge is -2.12. The minimum Gasteiger partial charge on any atom is -0.497 e. The fraction of sp³-hybridized carbons (Fsp3) is 0.115. The number of carboxylic acid groups (broad SMARTS) is 2. The number of carbonyl (C=O) groups is 4. The fourth-order valence-electron chi connectivity index (χ4n) is 3.42. The molecule has 2 amide bonds. The summed E-state index contributed by atoms with van der Waals surface area (Å²) in [5, 5.41) is 23.9. The molecule has 4 rings (SSSR count). The molecule has 4 aromatic rings. The summed E-state index contributed by atoms with van der Waals surface area (Å²) < 4.78 is 6.11. The van der Waals surface area contributed by atoms with Gasteiger partial charge in [-0.1, -0.05) is 11.3 Å². The van der Waals surface area contributed by atoms with Crippen LogP contribution in [0.5, 0.6) is 5.75 Å². The zero-order chi connectivity index (χ0) is 27.4. The quantitative estimate of drug-likeness (QED) is 0.209. The molecule has 0 radical (unpaired) electrons. The minimum atomic E-state index is -1.41. The Morgan fingerprint density at radius 2 is 1.66 bits per heavy atom. The van der Waals surface area contributed by atoms with Gasteiger partial charge in [-0.15, -0.1) is 11.8 Å². The molecule has 0 spiro atoms. The third kappa shape index (κ3) is 6.10. The molecule has 3 aromatic carbocycles. The number of fused-ring (bicyclic) bond motifs is 1. The van der Waals surface area contributed by atoms with Gasteiger partial charge in [0.2, 0.25) is 5.91 Å². The van der Waals surface area contributed by atoms with E-state index in [-0.39, 0.29) is 17.0 Å². The summed E-state index contributed by atoms with van der Waals surface area (Å²) >= 11 is 2.67. The third-order valence-electron chi connectivity index (χ3n) is 5.36. The Bertz CT molecular complexity index is 1550. The van der Waals surface area contributed by atoms with E-state index in [4.69, 9.17) is 9.84 Å². The maximum absolute atomic E-state index is 12.7. The van der Waals surface area contributed by atoms with Gasteiger partial charge in [0, 0.05) is 10.6 Å². The van der Waals surface area contributed by atoms with E-state index in [2.05, 4.69) is 15.6 Å². The van der Waals surface area contributed by atoms with Crippen LogP contribution in [0.3, 0.4) is 0 Å². The lowest BCUT2D eigenvalue weighted by atomic mass is 10.0. The Kier molecular flexibility index (Phi) is 7.93. The van der Waals surface area contributed by atoms with Crippen LogP contribution in [0, 0.1) is 0 Å². The van der Waals surface area contributed by atoms with Gasteiger partial charge in [0.05, 0.1) is 39.3 Å². The van der Waals surface area contributed by atoms with Gasteiger partial charge >= 0.3 is 11.9 Å². The zero-order valence-corrected chi connectivity index (χ0v) is 21.7. The van der Waals surface area contributed by atoms with E-state index in [9.17, 15) is 24.3 Å². The molecule has 38 heavy (non-hydrogen) atoms. The van der Waals surface area contributed by atoms with Crippen LogP contribution in [-0.4, -0.2) is 51.3 Å². The standard InChI is InChI=1S/C26H21N3O7S2/c1-13(22(30)29-26-28-20-10-6-16(36-2)12-21(20)38-26)37-17-7-4-15(5-8-17)27-23(31)18-9-3-14(24(32)33)11-19(18)25(34)35/h3-13H,1-2H3,(H,27,31)(H,32,33)(H,34,35)(H,28,29,30). The molecule has 0 saturated heterocycles. The summed E-state index contributed by atoms with van der Waals surface area (Å²) in [5.74, 6) is -2.91. The molecule has 1 aromatic heterocycles. The number of thioether (sulfide) groups is 1. The highest BCUT2D eigenvalue weighted by Crippen LogP contribution is 2.31. The molecule has 1 unspecified atom stereocenters. The Morgan fingerprint density at radius 3 is 2.32 bits per heavy atom. The molecule has 4 N–H and O–H groups in total. The summed E-state index contributed by atoms with van der Waals surface area (Å²) in [6.07, 6.45) is 0. The number of nitrogens with zero attached hydrogens (tertiary/aromatic N) is 1. The van der Waals surface area contributed by atoms with Gasteiger partial charge in [-0.25, -0.2) is 14.6 Å². The Morgan fingerprint density at radius 1 is 0.921 bits per heavy atom. The van der Waals surface area contributed by atoms with E-state index < -0.39 is 28.7 Å². The average Bonchev–Trinajstić information content (AvgIpc) is 3.30. The number of amides is 2. The number of ether oxygens (including phenoxy) is 1. The summed E-state index contributed by atoms with van der Waals surface area (Å²) in [7, 11) is 1.58. The molecular formula is C26H21N3O7S2. The van der Waals surface area contributed by atoms with Gasteiger partial charge < -0.3 is 25.6 Å². The van der Waals surface area contributed by atoms with Crippen molar-refractivity contribution in [3.05, 3.63) is 77.4 Å². The topological polar surface area (TPSA) is 155 Å². The number of aromatic carboxylic acids is 2. The molecule has 0 aliphatic carbocycles. The second-order valence-corrected chi connectivity index (χ2v) is 10.4. The monoisotopic (exact) mass is 551 g/mol. The van der Waals surface area contributed by atoms with Crippen molar-refractivity contribution < 1.29 is 34.1 Å². The summed E-state index contributed by atoms with van der Waals surface area (Å²) in [4.78, 5) is 53.2. The Hall–Kier alpha value is -4.42. The van der Waals surface area contributed by atoms with Gasteiger partial charge in [0.1, 0.15) is 5.75 Å². The summed E-state index contributed by atoms with van der Waals surface area (Å²) in [6.45, 7) is 1.76. The number of thiazole rings is 1. The number of carbonyl (C=O) groups excluding carboxylic acids is 2. The molecule has 194 valence electrons. The second kappa shape index (κ2) is 11.3. The predicted octanol–water partition coefficient (Wildman–Crippen LogP) is 5.07. The molecule has 10 nitrogen and oxygen atoms in total. The maximum Gasteiger partial charge on any atom is 0.336 e. The highest BCUT2D eigenvalue weighted by atomic mass is 32.2. The first-order valence-electron chi connectivity index (χ1n) is 11.1. The lowest BCUT2D eigenvalue weighted by Crippen LogP contribution is -2.22. The first-order valence-corrected chi connectivity index (χ1v) is 12.8. The van der Waals surface area contributed by atoms with Crippen molar-refractivity contribution in [3.63, 3.8) is 0 Å². The van der Waals surface area contributed by atoms with E-state index in [1.165, 1.54) is 29.2 Å². The number of methoxy groups -OCH3 is 1. The largest absolute Gasteiger partial charge is 0.497 e. The molecule has 0 aliphatic rings. The summed E-state index contributed by atoms with van der Waals surface area (Å²) in [5.41, 5.74) is 0.348. The Balaban J connectivity index is 1.38. The smallest absolute Gasteiger partial charge is 0.336 e. The molecule has 12 heteroatoms. The molecule has 0 bridgehead atoms. The van der Waals surface area contributed by atoms with Gasteiger partial charge in [0.15, 0.2) is 5.13 Å². The first kappa shape index (κ1) is 26.6. The molecule has 0 fully saturated rings. The maximum atomic E-state index is 12.7. The van der Waals surface area contributed by atoms with E-state index in [0.717, 1.165) is 27.2 Å². The predicted molar refractivity (Wildman–Crippen MR) is 145 cm³/mol. The first-order chi connectivity index (χ1) is 18.1. The van der Waals surface area contributed by atoms with Crippen LogP contribution in [0.1, 0.15) is 38.0 Å². The molecule has 1 atom stereocenters. The second-order valence-electron chi connectivity index (χ2n) is 7.95. The number of rotatable bonds is 9. The van der Waals surface area contributed by atoms with Gasteiger partial charge in [-0.05, 0) is 67.6 Å². The van der Waals surface area contributed by atoms with Gasteiger partial charge in [0.25, 0.3) is 5.91 Å². The normalized spacial score (nSPS) is 11.5. The number of anilines is 2. The van der Waals surface area contributed by atoms with Crippen molar-refractivity contribution in [2.45, 2.75) is 17.1 Å². The van der Waals surface area contributed by atoms with E-state index in [1.54, 1.807) is 44.4 Å². The third-order valence-corrected chi connectivity index (χ3v) is 7.41. The van der Waals surface area contributed by atoms with Crippen molar-refractivity contribution in [2.75, 3.05) is 17.7 Å². The average molecular weight is 552 g/mol. The lowest BCUT2D eigenvalue weighted by molar-refractivity contribution is -0.115. The van der Waals surface area contributed by atoms with Gasteiger partial charge in [-0.3, -0.25) is 9.59 Å². The van der Waals surface area contributed by atoms with Crippen LogP contribution in [-0.2, 0) is 4.79 Å². The molecule has 1 heterocycles. The van der Waals surface area contributed by atoms with Gasteiger partial charge in [-0.2, -0.15) is 0 Å². The number of benzene rings is 3. The van der Waals surface area contributed by atoms with Crippen LogP contribution >= 0.6 is 23.1 Å². The van der Waals surface area contributed by atoms with E-state index in [0.29, 0.717) is 16.6 Å². The van der Waals surface area contributed by atoms with Crippen molar-refractivity contribution in [1.29, 1.82) is 0 Å². The highest BCUT2D eigenvalue weighted by Gasteiger charge is 2.20. The number of carboxylic acids is 2. The fourth-order valence-corrected chi connectivity index (χ4v) is 5.18. The number of aromatic nitrogens is 1. The van der Waals surface area contributed by atoms with Crippen molar-refractivity contribution >= 4 is 67.9 Å². The van der Waals surface area contributed by atoms with Crippen LogP contribution in [0.4, 0.5) is 10.8 Å². The minimum absolute atomic E-state index is 0.167. The van der Waals surface area contributed by atoms with Crippen LogP contribution < -0.4 is 15.4 Å². The van der Waals surface area contributed by atoms with Crippen molar-refractivity contribution in [1.82, 2.24) is 4.98 Å². The van der Waals surface area contributed by atoms with E-state index >= 15 is 0 Å². The molecule has 0 aliphatic heterocycles. The molecular weight excluding hydrogens is 530 g/mol. The number of nitrogens with one attached hydrogen (secondary N) is 2. The van der Waals surface area contributed by atoms with Crippen LogP contribution in [0.15, 0.2) is 65.6 Å². The van der Waals surface area contributed by atoms with E-state index in [1.807, 2.05) is 12.1 Å². The number of hydrogen-bond donors (Lipinski definition) is 4. The van der Waals surface area contributed by atoms with Crippen molar-refractivity contribution in [3.8, 4) is 5.75 Å². The highest BCUT2D eigenvalue weighted by molar-refractivity contribution is 8.00. The SMILES string of the molecule is COc1ccc2nc(NC(=O)C(C)Sc3ccc(NC(=O)c4ccc(C(=O)O)cc4C(=O)O)cc3)sc2c1. The summed E-state index contributed by atoms with van der Waals surface area (Å²) in [6, 6.07) is 15.4. The Labute approximate surface area is 224 Å². The molecule has 0 saturated carbocycles. The van der Waals surface area contributed by atoms with Crippen LogP contribution in [0.2, 0.25) is 0 Å². The zero-order valence-electron chi connectivity index (χ0n) is 20.1.